The van der Waals surface area contributed by atoms with Gasteiger partial charge in [-0.2, -0.15) is 0 Å². The van der Waals surface area contributed by atoms with E-state index in [1.165, 1.54) is 16.8 Å². The molecule has 1 heterocycles. The molecule has 1 aliphatic heterocycles. The molecule has 0 aromatic heterocycles. The average Bonchev–Trinajstić information content (AvgIpc) is 2.83. The van der Waals surface area contributed by atoms with Gasteiger partial charge in [-0.3, -0.25) is 0 Å². The van der Waals surface area contributed by atoms with Gasteiger partial charge in [0.2, 0.25) is 0 Å². The van der Waals surface area contributed by atoms with Gasteiger partial charge in [0.25, 0.3) is 0 Å². The van der Waals surface area contributed by atoms with Gasteiger partial charge in [0.15, 0.2) is 5.11 Å². The number of thiocarbonyl (C=S) groups is 1. The van der Waals surface area contributed by atoms with E-state index in [2.05, 4.69) is 72.6 Å². The summed E-state index contributed by atoms with van der Waals surface area (Å²) in [6.45, 7) is 4.38. The molecule has 3 heteroatoms. The zero-order chi connectivity index (χ0) is 14.8. The summed E-state index contributed by atoms with van der Waals surface area (Å²) in [6.07, 6.45) is 2.08. The molecule has 0 bridgehead atoms. The van der Waals surface area contributed by atoms with Crippen LogP contribution in [-0.4, -0.2) is 11.2 Å². The Bertz CT molecular complexity index is 666. The van der Waals surface area contributed by atoms with Gasteiger partial charge in [-0.05, 0) is 61.3 Å². The monoisotopic (exact) mass is 296 g/mol. The molecule has 0 saturated carbocycles. The van der Waals surface area contributed by atoms with Crippen molar-refractivity contribution in [3.63, 3.8) is 0 Å². The fourth-order valence-corrected chi connectivity index (χ4v) is 3.32. The molecule has 0 spiro atoms. The Morgan fingerprint density at radius 3 is 2.86 bits per heavy atom. The number of hydrogen-bond donors (Lipinski definition) is 1. The fourth-order valence-electron chi connectivity index (χ4n) is 2.93. The van der Waals surface area contributed by atoms with Crippen LogP contribution >= 0.6 is 12.2 Å². The predicted octanol–water partition coefficient (Wildman–Crippen LogP) is 4.40. The quantitative estimate of drug-likeness (QED) is 0.827. The normalized spacial score (nSPS) is 16.7. The molecule has 2 aromatic rings. The van der Waals surface area contributed by atoms with Crippen LogP contribution in [0.25, 0.3) is 0 Å². The number of anilines is 2. The van der Waals surface area contributed by atoms with Crippen molar-refractivity contribution in [3.8, 4) is 0 Å². The van der Waals surface area contributed by atoms with Crippen molar-refractivity contribution in [2.24, 2.45) is 0 Å². The number of fused-ring (bicyclic) bond motifs is 1. The van der Waals surface area contributed by atoms with E-state index in [0.717, 1.165) is 23.6 Å². The number of nitrogens with one attached hydrogen (secondary N) is 1. The summed E-state index contributed by atoms with van der Waals surface area (Å²) in [5.41, 5.74) is 4.99. The first-order valence-electron chi connectivity index (χ1n) is 7.46. The Morgan fingerprint density at radius 2 is 2.05 bits per heavy atom. The predicted molar refractivity (Wildman–Crippen MR) is 94.1 cm³/mol. The standard InChI is InChI=1S/C18H20N2S/c1-3-14-7-6-9-16(12-14)19-18(21)20-13(2)11-15-8-4-5-10-17(15)20/h4-10,12-13H,3,11H2,1-2H3,(H,19,21)/t13-/m0/s1. The number of benzene rings is 2. The van der Waals surface area contributed by atoms with Gasteiger partial charge < -0.3 is 10.2 Å². The van der Waals surface area contributed by atoms with Crippen molar-refractivity contribution in [1.29, 1.82) is 0 Å². The molecular weight excluding hydrogens is 276 g/mol. The lowest BCUT2D eigenvalue weighted by atomic mass is 10.1. The molecule has 0 unspecified atom stereocenters. The zero-order valence-corrected chi connectivity index (χ0v) is 13.3. The molecule has 0 aliphatic carbocycles. The highest BCUT2D eigenvalue weighted by atomic mass is 32.1. The molecular formula is C18H20N2S. The second kappa shape index (κ2) is 5.86. The molecule has 0 radical (unpaired) electrons. The van der Waals surface area contributed by atoms with Gasteiger partial charge in [-0.15, -0.1) is 0 Å². The van der Waals surface area contributed by atoms with Gasteiger partial charge in [0.1, 0.15) is 0 Å². The molecule has 21 heavy (non-hydrogen) atoms. The van der Waals surface area contributed by atoms with Crippen LogP contribution in [0.5, 0.6) is 0 Å². The number of aryl methyl sites for hydroxylation is 1. The van der Waals surface area contributed by atoms with Crippen molar-refractivity contribution in [1.82, 2.24) is 0 Å². The van der Waals surface area contributed by atoms with Crippen LogP contribution in [-0.2, 0) is 12.8 Å². The maximum Gasteiger partial charge on any atom is 0.178 e. The third-order valence-corrected chi connectivity index (χ3v) is 4.31. The highest BCUT2D eigenvalue weighted by Crippen LogP contribution is 2.32. The molecule has 0 fully saturated rings. The van der Waals surface area contributed by atoms with E-state index >= 15 is 0 Å². The fraction of sp³-hybridized carbons (Fsp3) is 0.278. The SMILES string of the molecule is CCc1cccc(NC(=S)N2c3ccccc3C[C@@H]2C)c1. The van der Waals surface area contributed by atoms with E-state index in [0.29, 0.717) is 6.04 Å². The molecule has 3 rings (SSSR count). The van der Waals surface area contributed by atoms with Crippen molar-refractivity contribution in [2.45, 2.75) is 32.7 Å². The summed E-state index contributed by atoms with van der Waals surface area (Å²) in [6, 6.07) is 17.4. The van der Waals surface area contributed by atoms with Crippen LogP contribution < -0.4 is 10.2 Å². The lowest BCUT2D eigenvalue weighted by molar-refractivity contribution is 0.776. The Hall–Kier alpha value is -1.87. The van der Waals surface area contributed by atoms with Crippen LogP contribution in [0, 0.1) is 0 Å². The topological polar surface area (TPSA) is 15.3 Å². The second-order valence-corrected chi connectivity index (χ2v) is 5.92. The summed E-state index contributed by atoms with van der Waals surface area (Å²) in [7, 11) is 0. The van der Waals surface area contributed by atoms with Gasteiger partial charge in [0.05, 0.1) is 0 Å². The Balaban J connectivity index is 1.82. The summed E-state index contributed by atoms with van der Waals surface area (Å²) < 4.78 is 0. The first-order valence-corrected chi connectivity index (χ1v) is 7.87. The maximum absolute atomic E-state index is 5.64. The average molecular weight is 296 g/mol. The summed E-state index contributed by atoms with van der Waals surface area (Å²) in [4.78, 5) is 2.23. The molecule has 2 nitrogen and oxygen atoms in total. The van der Waals surface area contributed by atoms with Crippen LogP contribution in [0.15, 0.2) is 48.5 Å². The summed E-state index contributed by atoms with van der Waals surface area (Å²) in [5.74, 6) is 0. The molecule has 1 N–H and O–H groups in total. The molecule has 0 amide bonds. The Morgan fingerprint density at radius 1 is 1.24 bits per heavy atom. The third-order valence-electron chi connectivity index (χ3n) is 4.01. The number of hydrogen-bond acceptors (Lipinski definition) is 1. The third kappa shape index (κ3) is 2.79. The van der Waals surface area contributed by atoms with Crippen molar-refractivity contribution < 1.29 is 0 Å². The van der Waals surface area contributed by atoms with Crippen molar-refractivity contribution in [2.75, 3.05) is 10.2 Å². The van der Waals surface area contributed by atoms with E-state index in [1.54, 1.807) is 0 Å². The second-order valence-electron chi connectivity index (χ2n) is 5.54. The Kier molecular flexibility index (Phi) is 3.93. The number of rotatable bonds is 2. The lowest BCUT2D eigenvalue weighted by Crippen LogP contribution is -2.38. The van der Waals surface area contributed by atoms with E-state index in [-0.39, 0.29) is 0 Å². The van der Waals surface area contributed by atoms with Gasteiger partial charge in [-0.25, -0.2) is 0 Å². The molecule has 108 valence electrons. The smallest absolute Gasteiger partial charge is 0.178 e. The maximum atomic E-state index is 5.64. The highest BCUT2D eigenvalue weighted by molar-refractivity contribution is 7.80. The van der Waals surface area contributed by atoms with E-state index in [1.807, 2.05) is 0 Å². The largest absolute Gasteiger partial charge is 0.332 e. The summed E-state index contributed by atoms with van der Waals surface area (Å²) in [5, 5.41) is 4.17. The van der Waals surface area contributed by atoms with Gasteiger partial charge >= 0.3 is 0 Å². The van der Waals surface area contributed by atoms with Crippen LogP contribution in [0.3, 0.4) is 0 Å². The van der Waals surface area contributed by atoms with Gasteiger partial charge in [0, 0.05) is 17.4 Å². The van der Waals surface area contributed by atoms with Gasteiger partial charge in [-0.1, -0.05) is 37.3 Å². The minimum Gasteiger partial charge on any atom is -0.332 e. The molecule has 1 atom stereocenters. The first kappa shape index (κ1) is 14.1. The van der Waals surface area contributed by atoms with Crippen molar-refractivity contribution >= 4 is 28.7 Å². The summed E-state index contributed by atoms with van der Waals surface area (Å²) >= 11 is 5.64. The van der Waals surface area contributed by atoms with E-state index < -0.39 is 0 Å². The zero-order valence-electron chi connectivity index (χ0n) is 12.5. The van der Waals surface area contributed by atoms with Crippen molar-refractivity contribution in [3.05, 3.63) is 59.7 Å². The lowest BCUT2D eigenvalue weighted by Gasteiger charge is -2.26. The first-order chi connectivity index (χ1) is 10.2. The molecule has 1 aliphatic rings. The van der Waals surface area contributed by atoms with Crippen LogP contribution in [0.1, 0.15) is 25.0 Å². The number of nitrogens with zero attached hydrogens (tertiary/aromatic N) is 1. The van der Waals surface area contributed by atoms with E-state index in [4.69, 9.17) is 12.2 Å². The molecule has 2 aromatic carbocycles. The number of para-hydroxylation sites is 1. The highest BCUT2D eigenvalue weighted by Gasteiger charge is 2.28. The van der Waals surface area contributed by atoms with E-state index in [9.17, 15) is 0 Å². The minimum atomic E-state index is 0.400. The minimum absolute atomic E-state index is 0.400. The van der Waals surface area contributed by atoms with Crippen LogP contribution in [0.4, 0.5) is 11.4 Å². The molecule has 0 saturated heterocycles. The Labute approximate surface area is 131 Å². The van der Waals surface area contributed by atoms with Crippen LogP contribution in [0.2, 0.25) is 0 Å².